The van der Waals surface area contributed by atoms with Crippen molar-refractivity contribution in [2.24, 2.45) is 0 Å². The Hall–Kier alpha value is -9.38. The van der Waals surface area contributed by atoms with E-state index in [0.29, 0.717) is 0 Å². The third-order valence-electron chi connectivity index (χ3n) is 14.1. The predicted molar refractivity (Wildman–Crippen MR) is 293 cm³/mol. The maximum Gasteiger partial charge on any atom is 0.159 e. The molecule has 0 fully saturated rings. The molecule has 0 unspecified atom stereocenters. The summed E-state index contributed by atoms with van der Waals surface area (Å²) in [5.41, 5.74) is 18.7. The van der Waals surface area contributed by atoms with Crippen molar-refractivity contribution >= 4 is 82.6 Å². The van der Waals surface area contributed by atoms with Gasteiger partial charge in [0.05, 0.1) is 27.8 Å². The summed E-state index contributed by atoms with van der Waals surface area (Å²) in [7, 11) is 0. The Bertz CT molecular complexity index is 4280. The zero-order valence-electron chi connectivity index (χ0n) is 38.1. The largest absolute Gasteiger partial charge is 0.454 e. The molecular weight excluding hydrogens is 851 g/mol. The van der Waals surface area contributed by atoms with Crippen molar-refractivity contribution in [2.75, 3.05) is 4.90 Å². The highest BCUT2D eigenvalue weighted by atomic mass is 16.3. The zero-order valence-corrected chi connectivity index (χ0v) is 38.1. The van der Waals surface area contributed by atoms with Crippen LogP contribution in [0.15, 0.2) is 265 Å². The molecule has 0 aliphatic heterocycles. The van der Waals surface area contributed by atoms with E-state index in [9.17, 15) is 0 Å². The van der Waals surface area contributed by atoms with Gasteiger partial charge in [0.25, 0.3) is 0 Å². The predicted octanol–water partition coefficient (Wildman–Crippen LogP) is 18.3. The Morgan fingerprint density at radius 2 is 0.814 bits per heavy atom. The van der Waals surface area contributed by atoms with Crippen LogP contribution >= 0.6 is 0 Å². The molecule has 0 saturated heterocycles. The first-order valence-electron chi connectivity index (χ1n) is 23.9. The molecule has 0 radical (unpaired) electrons. The highest BCUT2D eigenvalue weighted by Gasteiger charge is 2.22. The SMILES string of the molecule is c1ccc(N(c2ccc(-c3cc(-c4ccc5c6ccccc6n(-c6ccccc6)c5c4)cc(-c4cccc5c6ccccc6n(-c6ccccc6)c45)c3)cc2)c2cccc3c2oc2ccccc23)cc1. The van der Waals surface area contributed by atoms with E-state index in [1.54, 1.807) is 0 Å². The van der Waals surface area contributed by atoms with E-state index in [1.807, 2.05) is 12.1 Å². The monoisotopic (exact) mass is 893 g/mol. The van der Waals surface area contributed by atoms with Crippen molar-refractivity contribution in [3.8, 4) is 44.8 Å². The van der Waals surface area contributed by atoms with E-state index in [4.69, 9.17) is 4.42 Å². The Kier molecular flexibility index (Phi) is 9.17. The van der Waals surface area contributed by atoms with E-state index in [1.165, 1.54) is 49.2 Å². The second kappa shape index (κ2) is 16.2. The minimum atomic E-state index is 0.860. The lowest BCUT2D eigenvalue weighted by molar-refractivity contribution is 0.669. The number of fused-ring (bicyclic) bond motifs is 9. The number of hydrogen-bond acceptors (Lipinski definition) is 2. The summed E-state index contributed by atoms with van der Waals surface area (Å²) >= 11 is 0. The zero-order chi connectivity index (χ0) is 46.1. The van der Waals surface area contributed by atoms with Crippen molar-refractivity contribution < 1.29 is 4.42 Å². The highest BCUT2D eigenvalue weighted by molar-refractivity contribution is 6.15. The van der Waals surface area contributed by atoms with Gasteiger partial charge in [0, 0.05) is 60.6 Å². The van der Waals surface area contributed by atoms with Crippen molar-refractivity contribution in [2.45, 2.75) is 0 Å². The average Bonchev–Trinajstić information content (AvgIpc) is 4.10. The summed E-state index contributed by atoms with van der Waals surface area (Å²) in [5.74, 6) is 0. The molecule has 14 rings (SSSR count). The van der Waals surface area contributed by atoms with E-state index >= 15 is 0 Å². The van der Waals surface area contributed by atoms with Gasteiger partial charge in [-0.15, -0.1) is 0 Å². The van der Waals surface area contributed by atoms with Crippen LogP contribution in [-0.4, -0.2) is 9.13 Å². The van der Waals surface area contributed by atoms with Crippen LogP contribution in [0, 0.1) is 0 Å². The summed E-state index contributed by atoms with van der Waals surface area (Å²) in [4.78, 5) is 2.31. The van der Waals surface area contributed by atoms with Gasteiger partial charge in [-0.2, -0.15) is 0 Å². The van der Waals surface area contributed by atoms with Gasteiger partial charge in [-0.25, -0.2) is 0 Å². The van der Waals surface area contributed by atoms with Crippen molar-refractivity contribution in [1.82, 2.24) is 9.13 Å². The molecule has 70 heavy (non-hydrogen) atoms. The Morgan fingerprint density at radius 3 is 1.56 bits per heavy atom. The number of furan rings is 1. The normalized spacial score (nSPS) is 11.7. The number of benzene rings is 11. The average molecular weight is 894 g/mol. The summed E-state index contributed by atoms with van der Waals surface area (Å²) < 4.78 is 11.5. The Morgan fingerprint density at radius 1 is 0.300 bits per heavy atom. The van der Waals surface area contributed by atoms with Crippen LogP contribution in [0.3, 0.4) is 0 Å². The van der Waals surface area contributed by atoms with Crippen LogP contribution in [0.2, 0.25) is 0 Å². The minimum absolute atomic E-state index is 0.860. The van der Waals surface area contributed by atoms with E-state index in [-0.39, 0.29) is 0 Å². The minimum Gasteiger partial charge on any atom is -0.454 e. The fourth-order valence-corrected chi connectivity index (χ4v) is 10.9. The fourth-order valence-electron chi connectivity index (χ4n) is 10.9. The van der Waals surface area contributed by atoms with Crippen LogP contribution in [0.25, 0.3) is 110 Å². The number of hydrogen-bond donors (Lipinski definition) is 0. The second-order valence-electron chi connectivity index (χ2n) is 18.1. The molecule has 0 bridgehead atoms. The first kappa shape index (κ1) is 39.8. The molecule has 3 aromatic heterocycles. The number of rotatable bonds is 8. The molecular formula is C66H43N3O. The molecule has 0 N–H and O–H groups in total. The van der Waals surface area contributed by atoms with Crippen LogP contribution in [-0.2, 0) is 0 Å². The maximum absolute atomic E-state index is 6.63. The molecule has 0 aliphatic rings. The van der Waals surface area contributed by atoms with E-state index in [0.717, 1.165) is 78.2 Å². The lowest BCUT2D eigenvalue weighted by Crippen LogP contribution is -2.10. The van der Waals surface area contributed by atoms with Crippen molar-refractivity contribution in [3.05, 3.63) is 261 Å². The van der Waals surface area contributed by atoms with Crippen molar-refractivity contribution in [1.29, 1.82) is 0 Å². The standard InChI is InChI=1S/C66H43N3O/c1-4-18-49(19-5-1)67(62-32-17-29-59-57-26-12-15-33-64(57)70-66(59)62)52-37-34-44(35-38-52)46-40-47(45-36-39-56-54-24-10-13-30-60(54)68(63(56)43-45)50-20-6-2-7-21-50)42-48(41-46)53-27-16-28-58-55-25-11-14-31-61(55)69(65(53)58)51-22-8-3-9-23-51/h1-43H. The first-order chi connectivity index (χ1) is 34.7. The molecule has 0 aliphatic carbocycles. The van der Waals surface area contributed by atoms with Gasteiger partial charge < -0.3 is 18.5 Å². The Balaban J connectivity index is 0.983. The summed E-state index contributed by atoms with van der Waals surface area (Å²) in [6.45, 7) is 0. The van der Waals surface area contributed by atoms with Gasteiger partial charge in [-0.1, -0.05) is 164 Å². The first-order valence-corrected chi connectivity index (χ1v) is 23.9. The molecule has 0 atom stereocenters. The van der Waals surface area contributed by atoms with Gasteiger partial charge in [0.1, 0.15) is 5.58 Å². The third kappa shape index (κ3) is 6.38. The van der Waals surface area contributed by atoms with Gasteiger partial charge in [0.2, 0.25) is 0 Å². The molecule has 0 saturated carbocycles. The topological polar surface area (TPSA) is 26.2 Å². The number of aromatic nitrogens is 2. The summed E-state index contributed by atoms with van der Waals surface area (Å²) in [6.07, 6.45) is 0. The molecule has 11 aromatic carbocycles. The van der Waals surface area contributed by atoms with E-state index in [2.05, 4.69) is 263 Å². The highest BCUT2D eigenvalue weighted by Crippen LogP contribution is 2.45. The molecule has 3 heterocycles. The van der Waals surface area contributed by atoms with Gasteiger partial charge >= 0.3 is 0 Å². The lowest BCUT2D eigenvalue weighted by Gasteiger charge is -2.25. The number of nitrogens with zero attached hydrogens (tertiary/aromatic N) is 3. The molecule has 4 heteroatoms. The van der Waals surface area contributed by atoms with E-state index < -0.39 is 0 Å². The fraction of sp³-hybridized carbons (Fsp3) is 0. The molecule has 4 nitrogen and oxygen atoms in total. The van der Waals surface area contributed by atoms with Gasteiger partial charge in [-0.3, -0.25) is 0 Å². The molecule has 0 spiro atoms. The molecule has 328 valence electrons. The Labute approximate surface area is 404 Å². The summed E-state index contributed by atoms with van der Waals surface area (Å²) in [6, 6.07) is 94.2. The second-order valence-corrected chi connectivity index (χ2v) is 18.1. The van der Waals surface area contributed by atoms with Crippen LogP contribution in [0.4, 0.5) is 17.1 Å². The smallest absolute Gasteiger partial charge is 0.159 e. The number of anilines is 3. The quantitative estimate of drug-likeness (QED) is 0.152. The molecule has 14 aromatic rings. The van der Waals surface area contributed by atoms with Crippen LogP contribution in [0.1, 0.15) is 0 Å². The van der Waals surface area contributed by atoms with Crippen LogP contribution < -0.4 is 4.90 Å². The maximum atomic E-state index is 6.63. The third-order valence-corrected chi connectivity index (χ3v) is 14.1. The van der Waals surface area contributed by atoms with Gasteiger partial charge in [-0.05, 0) is 125 Å². The lowest BCUT2D eigenvalue weighted by atomic mass is 9.92. The number of para-hydroxylation sites is 8. The molecule has 0 amide bonds. The van der Waals surface area contributed by atoms with Gasteiger partial charge in [0.15, 0.2) is 5.58 Å². The van der Waals surface area contributed by atoms with Crippen LogP contribution in [0.5, 0.6) is 0 Å². The van der Waals surface area contributed by atoms with Crippen molar-refractivity contribution in [3.63, 3.8) is 0 Å². The summed E-state index contributed by atoms with van der Waals surface area (Å²) in [5, 5.41) is 7.13.